The molecule has 1 N–H and O–H groups in total. The molecule has 4 heterocycles. The van der Waals surface area contributed by atoms with Crippen molar-refractivity contribution in [2.24, 2.45) is 0 Å². The van der Waals surface area contributed by atoms with E-state index in [-0.39, 0.29) is 18.4 Å². The Labute approximate surface area is 185 Å². The maximum Gasteiger partial charge on any atom is 0.259 e. The van der Waals surface area contributed by atoms with Crippen LogP contribution in [0.3, 0.4) is 0 Å². The molecule has 0 aliphatic carbocycles. The maximum atomic E-state index is 12.7. The Kier molecular flexibility index (Phi) is 4.82. The van der Waals surface area contributed by atoms with Crippen LogP contribution < -0.4 is 5.32 Å². The summed E-state index contributed by atoms with van der Waals surface area (Å²) < 4.78 is 0. The smallest absolute Gasteiger partial charge is 0.259 e. The van der Waals surface area contributed by atoms with Crippen molar-refractivity contribution in [3.8, 4) is 20.3 Å². The highest BCUT2D eigenvalue weighted by Crippen LogP contribution is 2.42. The van der Waals surface area contributed by atoms with Crippen LogP contribution in [0.2, 0.25) is 0 Å². The lowest BCUT2D eigenvalue weighted by molar-refractivity contribution is -0.116. The van der Waals surface area contributed by atoms with E-state index in [1.54, 1.807) is 34.8 Å². The summed E-state index contributed by atoms with van der Waals surface area (Å²) in [5, 5.41) is 7.41. The third kappa shape index (κ3) is 3.28. The second kappa shape index (κ2) is 7.64. The molecule has 0 saturated carbocycles. The molecule has 8 heteroatoms. The Morgan fingerprint density at radius 1 is 1.00 bits per heavy atom. The van der Waals surface area contributed by atoms with Gasteiger partial charge in [0.05, 0.1) is 9.75 Å². The van der Waals surface area contributed by atoms with Crippen molar-refractivity contribution < 1.29 is 9.59 Å². The van der Waals surface area contributed by atoms with Crippen LogP contribution in [0.5, 0.6) is 0 Å². The van der Waals surface area contributed by atoms with Crippen molar-refractivity contribution >= 4 is 56.7 Å². The number of aromatic nitrogens is 1. The van der Waals surface area contributed by atoms with Gasteiger partial charge >= 0.3 is 0 Å². The van der Waals surface area contributed by atoms with Gasteiger partial charge in [0.15, 0.2) is 5.13 Å². The number of hydrogen-bond acceptors (Lipinski definition) is 6. The van der Waals surface area contributed by atoms with Gasteiger partial charge < -0.3 is 5.32 Å². The Hall–Kier alpha value is -3.07. The van der Waals surface area contributed by atoms with E-state index < -0.39 is 0 Å². The lowest BCUT2D eigenvalue weighted by Gasteiger charge is -2.16. The molecule has 1 aliphatic rings. The van der Waals surface area contributed by atoms with Gasteiger partial charge in [0, 0.05) is 21.7 Å². The molecule has 2 amide bonds. The topological polar surface area (TPSA) is 62.3 Å². The van der Waals surface area contributed by atoms with Crippen LogP contribution in [0.25, 0.3) is 26.0 Å². The van der Waals surface area contributed by atoms with Crippen LogP contribution in [0, 0.1) is 0 Å². The predicted molar refractivity (Wildman–Crippen MR) is 124 cm³/mol. The number of thiazole rings is 1. The molecule has 148 valence electrons. The molecule has 5 rings (SSSR count). The fourth-order valence-electron chi connectivity index (χ4n) is 3.33. The molecule has 0 saturated heterocycles. The van der Waals surface area contributed by atoms with Crippen LogP contribution >= 0.6 is 34.0 Å². The highest BCUT2D eigenvalue weighted by atomic mass is 32.1. The number of amides is 2. The third-order valence-electron chi connectivity index (χ3n) is 4.71. The summed E-state index contributed by atoms with van der Waals surface area (Å²) in [5.74, 6) is -0.509. The van der Waals surface area contributed by atoms with Crippen LogP contribution in [-0.4, -0.2) is 28.2 Å². The minimum absolute atomic E-state index is 0.103. The van der Waals surface area contributed by atoms with Gasteiger partial charge in [-0.25, -0.2) is 4.98 Å². The van der Waals surface area contributed by atoms with Crippen molar-refractivity contribution in [1.29, 1.82) is 0 Å². The van der Waals surface area contributed by atoms with Gasteiger partial charge in [-0.05, 0) is 29.0 Å². The lowest BCUT2D eigenvalue weighted by atomic mass is 10.1. The zero-order chi connectivity index (χ0) is 20.7. The van der Waals surface area contributed by atoms with E-state index >= 15 is 0 Å². The van der Waals surface area contributed by atoms with Crippen molar-refractivity contribution in [3.05, 3.63) is 77.0 Å². The number of rotatable bonds is 5. The SMILES string of the molecule is C=C1c2ccccc2C(=O)N1CC(=O)Nc1nc(-c2cccs2)c(-c2cccs2)s1. The predicted octanol–water partition coefficient (Wildman–Crippen LogP) is 5.67. The monoisotopic (exact) mass is 449 g/mol. The third-order valence-corrected chi connectivity index (χ3v) is 7.61. The molecule has 0 bridgehead atoms. The van der Waals surface area contributed by atoms with Gasteiger partial charge in [0.25, 0.3) is 5.91 Å². The van der Waals surface area contributed by atoms with E-state index in [1.165, 1.54) is 16.2 Å². The molecule has 0 unspecified atom stereocenters. The fourth-order valence-corrected chi connectivity index (χ4v) is 5.97. The fraction of sp³-hybridized carbons (Fsp3) is 0.0455. The number of thiophene rings is 2. The number of anilines is 1. The summed E-state index contributed by atoms with van der Waals surface area (Å²) in [7, 11) is 0. The first-order valence-corrected chi connectivity index (χ1v) is 11.7. The molecule has 0 fully saturated rings. The Morgan fingerprint density at radius 3 is 2.37 bits per heavy atom. The van der Waals surface area contributed by atoms with Gasteiger partial charge in [0.2, 0.25) is 5.91 Å². The number of carbonyl (C=O) groups excluding carboxylic acids is 2. The van der Waals surface area contributed by atoms with Gasteiger partial charge in [-0.2, -0.15) is 0 Å². The summed E-state index contributed by atoms with van der Waals surface area (Å²) in [6.07, 6.45) is 0. The molecular weight excluding hydrogens is 434 g/mol. The number of benzene rings is 1. The number of nitrogens with zero attached hydrogens (tertiary/aromatic N) is 2. The quantitative estimate of drug-likeness (QED) is 0.427. The van der Waals surface area contributed by atoms with Crippen LogP contribution in [0.1, 0.15) is 15.9 Å². The van der Waals surface area contributed by atoms with E-state index in [0.717, 1.165) is 25.9 Å². The molecule has 3 aromatic heterocycles. The number of nitrogens with one attached hydrogen (secondary N) is 1. The van der Waals surface area contributed by atoms with Crippen molar-refractivity contribution in [3.63, 3.8) is 0 Å². The van der Waals surface area contributed by atoms with Crippen molar-refractivity contribution in [2.75, 3.05) is 11.9 Å². The lowest BCUT2D eigenvalue weighted by Crippen LogP contribution is -2.32. The summed E-state index contributed by atoms with van der Waals surface area (Å²) >= 11 is 4.69. The first kappa shape index (κ1) is 18.9. The van der Waals surface area contributed by atoms with Gasteiger partial charge in [-0.15, -0.1) is 22.7 Å². The summed E-state index contributed by atoms with van der Waals surface area (Å²) in [6, 6.07) is 15.3. The minimum Gasteiger partial charge on any atom is -0.300 e. The van der Waals surface area contributed by atoms with Crippen molar-refractivity contribution in [2.45, 2.75) is 0 Å². The molecule has 5 nitrogen and oxygen atoms in total. The van der Waals surface area contributed by atoms with Gasteiger partial charge in [-0.3, -0.25) is 14.5 Å². The van der Waals surface area contributed by atoms with Crippen LogP contribution in [-0.2, 0) is 4.79 Å². The normalized spacial score (nSPS) is 13.0. The molecule has 1 aromatic carbocycles. The van der Waals surface area contributed by atoms with Gasteiger partial charge in [-0.1, -0.05) is 48.2 Å². The standard InChI is InChI=1S/C22H15N3O2S3/c1-13-14-6-2-3-7-15(14)21(27)25(13)12-18(26)23-22-24-19(16-8-4-10-28-16)20(30-22)17-9-5-11-29-17/h2-11H,1,12H2,(H,23,24,26). The first-order valence-electron chi connectivity index (χ1n) is 9.10. The maximum absolute atomic E-state index is 12.7. The second-order valence-electron chi connectivity index (χ2n) is 6.58. The minimum atomic E-state index is -0.304. The second-order valence-corrected chi connectivity index (χ2v) is 9.48. The zero-order valence-corrected chi connectivity index (χ0v) is 18.1. The summed E-state index contributed by atoms with van der Waals surface area (Å²) in [5.41, 5.74) is 2.75. The molecule has 1 aliphatic heterocycles. The van der Waals surface area contributed by atoms with E-state index in [2.05, 4.69) is 16.9 Å². The number of fused-ring (bicyclic) bond motifs is 1. The van der Waals surface area contributed by atoms with E-state index in [0.29, 0.717) is 16.4 Å². The zero-order valence-electron chi connectivity index (χ0n) is 15.6. The number of hydrogen-bond donors (Lipinski definition) is 1. The largest absolute Gasteiger partial charge is 0.300 e. The first-order chi connectivity index (χ1) is 14.6. The van der Waals surface area contributed by atoms with E-state index in [9.17, 15) is 9.59 Å². The molecular formula is C22H15N3O2S3. The highest BCUT2D eigenvalue weighted by Gasteiger charge is 2.32. The van der Waals surface area contributed by atoms with E-state index in [4.69, 9.17) is 0 Å². The average molecular weight is 450 g/mol. The van der Waals surface area contributed by atoms with E-state index in [1.807, 2.05) is 47.2 Å². The molecule has 4 aromatic rings. The number of carbonyl (C=O) groups is 2. The Balaban J connectivity index is 1.38. The Bertz CT molecular complexity index is 1170. The van der Waals surface area contributed by atoms with Crippen molar-refractivity contribution in [1.82, 2.24) is 9.88 Å². The van der Waals surface area contributed by atoms with Gasteiger partial charge in [0.1, 0.15) is 12.2 Å². The summed E-state index contributed by atoms with van der Waals surface area (Å²) in [6.45, 7) is 3.89. The molecule has 0 spiro atoms. The van der Waals surface area contributed by atoms with Crippen LogP contribution in [0.15, 0.2) is 65.9 Å². The summed E-state index contributed by atoms with van der Waals surface area (Å²) in [4.78, 5) is 34.6. The molecule has 0 atom stereocenters. The average Bonchev–Trinajstić information content (AvgIpc) is 3.53. The highest BCUT2D eigenvalue weighted by molar-refractivity contribution is 7.24. The molecule has 30 heavy (non-hydrogen) atoms. The Morgan fingerprint density at radius 2 is 1.70 bits per heavy atom. The molecule has 0 radical (unpaired) electrons. The van der Waals surface area contributed by atoms with Crippen LogP contribution in [0.4, 0.5) is 5.13 Å².